The minimum Gasteiger partial charge on any atom is -0.462 e. The molecule has 0 N–H and O–H groups in total. The first kappa shape index (κ1) is 11.8. The number of carbonyl (C=O) groups excluding carboxylic acids is 2. The molecule has 17 heavy (non-hydrogen) atoms. The third kappa shape index (κ3) is 2.73. The number of benzene rings is 1. The summed E-state index contributed by atoms with van der Waals surface area (Å²) in [5, 5.41) is 0. The maximum atomic E-state index is 11.5. The number of esters is 1. The molecule has 0 saturated heterocycles. The van der Waals surface area contributed by atoms with E-state index in [0.29, 0.717) is 36.7 Å². The van der Waals surface area contributed by atoms with Crippen molar-refractivity contribution in [2.45, 2.75) is 32.1 Å². The molecule has 3 nitrogen and oxygen atoms in total. The van der Waals surface area contributed by atoms with Crippen molar-refractivity contribution in [2.75, 3.05) is 6.61 Å². The maximum absolute atomic E-state index is 11.5. The van der Waals surface area contributed by atoms with Gasteiger partial charge in [0.2, 0.25) is 0 Å². The summed E-state index contributed by atoms with van der Waals surface area (Å²) in [6, 6.07) is 7.40. The van der Waals surface area contributed by atoms with Gasteiger partial charge in [0.15, 0.2) is 0 Å². The second-order valence-corrected chi connectivity index (χ2v) is 4.32. The Morgan fingerprint density at radius 3 is 2.59 bits per heavy atom. The van der Waals surface area contributed by atoms with E-state index < -0.39 is 0 Å². The van der Waals surface area contributed by atoms with Crippen molar-refractivity contribution >= 4 is 11.8 Å². The molecule has 90 valence electrons. The van der Waals surface area contributed by atoms with E-state index in [1.807, 2.05) is 12.1 Å². The van der Waals surface area contributed by atoms with Crippen LogP contribution in [0.15, 0.2) is 24.3 Å². The summed E-state index contributed by atoms with van der Waals surface area (Å²) in [6.07, 6.45) is 2.25. The summed E-state index contributed by atoms with van der Waals surface area (Å²) in [5.74, 6) is 0.379. The third-order valence-corrected chi connectivity index (χ3v) is 3.14. The zero-order valence-electron chi connectivity index (χ0n) is 9.94. The van der Waals surface area contributed by atoms with Gasteiger partial charge in [0, 0.05) is 12.8 Å². The number of Topliss-reactive ketones (excluding diaryl/α,β-unsaturated/α-hetero) is 1. The molecule has 0 radical (unpaired) electrons. The molecule has 1 fully saturated rings. The van der Waals surface area contributed by atoms with Crippen LogP contribution in [0.2, 0.25) is 0 Å². The Morgan fingerprint density at radius 2 is 2.06 bits per heavy atom. The SMILES string of the molecule is CCOC(=O)c1ccc([C@H]2CCC(=O)C2)cc1. The Balaban J connectivity index is 2.07. The molecule has 0 aliphatic heterocycles. The Labute approximate surface area is 101 Å². The minimum absolute atomic E-state index is 0.290. The molecule has 1 atom stereocenters. The summed E-state index contributed by atoms with van der Waals surface area (Å²) < 4.78 is 4.92. The van der Waals surface area contributed by atoms with Gasteiger partial charge in [-0.05, 0) is 37.0 Å². The molecule has 1 aliphatic carbocycles. The van der Waals surface area contributed by atoms with Gasteiger partial charge in [-0.15, -0.1) is 0 Å². The van der Waals surface area contributed by atoms with E-state index in [1.54, 1.807) is 19.1 Å². The van der Waals surface area contributed by atoms with Crippen molar-refractivity contribution in [3.63, 3.8) is 0 Å². The predicted molar refractivity (Wildman–Crippen MR) is 64.0 cm³/mol. The predicted octanol–water partition coefficient (Wildman–Crippen LogP) is 2.70. The third-order valence-electron chi connectivity index (χ3n) is 3.14. The number of hydrogen-bond acceptors (Lipinski definition) is 3. The van der Waals surface area contributed by atoms with Crippen LogP contribution in [0.25, 0.3) is 0 Å². The van der Waals surface area contributed by atoms with Crippen LogP contribution in [0.3, 0.4) is 0 Å². The summed E-state index contributed by atoms with van der Waals surface area (Å²) in [6.45, 7) is 2.17. The zero-order chi connectivity index (χ0) is 12.3. The fraction of sp³-hybridized carbons (Fsp3) is 0.429. The lowest BCUT2D eigenvalue weighted by Gasteiger charge is -2.09. The smallest absolute Gasteiger partial charge is 0.338 e. The lowest BCUT2D eigenvalue weighted by molar-refractivity contribution is -0.117. The number of hydrogen-bond donors (Lipinski definition) is 0. The highest BCUT2D eigenvalue weighted by molar-refractivity contribution is 5.89. The highest BCUT2D eigenvalue weighted by Crippen LogP contribution is 2.31. The maximum Gasteiger partial charge on any atom is 0.338 e. The molecular weight excluding hydrogens is 216 g/mol. The van der Waals surface area contributed by atoms with E-state index in [-0.39, 0.29) is 5.97 Å². The molecule has 1 saturated carbocycles. The first-order chi connectivity index (χ1) is 8.20. The summed E-state index contributed by atoms with van der Waals surface area (Å²) >= 11 is 0. The normalized spacial score (nSPS) is 19.4. The molecule has 2 rings (SSSR count). The number of carbonyl (C=O) groups is 2. The van der Waals surface area contributed by atoms with Gasteiger partial charge in [0.25, 0.3) is 0 Å². The Kier molecular flexibility index (Phi) is 3.57. The van der Waals surface area contributed by atoms with Crippen LogP contribution in [0.4, 0.5) is 0 Å². The standard InChI is InChI=1S/C14H16O3/c1-2-17-14(16)11-5-3-10(4-6-11)12-7-8-13(15)9-12/h3-6,12H,2,7-9H2,1H3/t12-/m0/s1. The zero-order valence-corrected chi connectivity index (χ0v) is 9.94. The van der Waals surface area contributed by atoms with E-state index in [1.165, 1.54) is 0 Å². The second-order valence-electron chi connectivity index (χ2n) is 4.32. The molecule has 0 aromatic heterocycles. The van der Waals surface area contributed by atoms with Crippen LogP contribution >= 0.6 is 0 Å². The fourth-order valence-electron chi connectivity index (χ4n) is 2.20. The van der Waals surface area contributed by atoms with Gasteiger partial charge < -0.3 is 4.74 Å². The quantitative estimate of drug-likeness (QED) is 0.752. The first-order valence-electron chi connectivity index (χ1n) is 5.99. The fourth-order valence-corrected chi connectivity index (χ4v) is 2.20. The van der Waals surface area contributed by atoms with Crippen LogP contribution in [0, 0.1) is 0 Å². The Hall–Kier alpha value is -1.64. The van der Waals surface area contributed by atoms with E-state index in [2.05, 4.69) is 0 Å². The first-order valence-corrected chi connectivity index (χ1v) is 5.99. The lowest BCUT2D eigenvalue weighted by atomic mass is 9.97. The number of rotatable bonds is 3. The van der Waals surface area contributed by atoms with Crippen LogP contribution in [-0.4, -0.2) is 18.4 Å². The van der Waals surface area contributed by atoms with Crippen molar-refractivity contribution in [1.29, 1.82) is 0 Å². The van der Waals surface area contributed by atoms with Crippen LogP contribution in [0.5, 0.6) is 0 Å². The summed E-state index contributed by atoms with van der Waals surface area (Å²) in [7, 11) is 0. The van der Waals surface area contributed by atoms with Crippen molar-refractivity contribution < 1.29 is 14.3 Å². The molecule has 1 aromatic carbocycles. The topological polar surface area (TPSA) is 43.4 Å². The van der Waals surface area contributed by atoms with Gasteiger partial charge in [-0.25, -0.2) is 4.79 Å². The van der Waals surface area contributed by atoms with Gasteiger partial charge in [0.1, 0.15) is 5.78 Å². The van der Waals surface area contributed by atoms with E-state index in [4.69, 9.17) is 4.74 Å². The Morgan fingerprint density at radius 1 is 1.35 bits per heavy atom. The van der Waals surface area contributed by atoms with E-state index >= 15 is 0 Å². The average Bonchev–Trinajstić information content (AvgIpc) is 2.76. The molecule has 3 heteroatoms. The molecule has 0 spiro atoms. The van der Waals surface area contributed by atoms with Crippen molar-refractivity contribution in [1.82, 2.24) is 0 Å². The molecular formula is C14H16O3. The molecule has 0 amide bonds. The number of ketones is 1. The summed E-state index contributed by atoms with van der Waals surface area (Å²) in [5.41, 5.74) is 1.71. The van der Waals surface area contributed by atoms with Gasteiger partial charge in [-0.3, -0.25) is 4.79 Å². The van der Waals surface area contributed by atoms with Crippen molar-refractivity contribution in [3.8, 4) is 0 Å². The highest BCUT2D eigenvalue weighted by Gasteiger charge is 2.23. The number of ether oxygens (including phenoxy) is 1. The average molecular weight is 232 g/mol. The largest absolute Gasteiger partial charge is 0.462 e. The molecule has 1 aromatic rings. The van der Waals surface area contributed by atoms with Gasteiger partial charge in [-0.2, -0.15) is 0 Å². The van der Waals surface area contributed by atoms with Crippen LogP contribution in [0.1, 0.15) is 48.0 Å². The second kappa shape index (κ2) is 5.13. The minimum atomic E-state index is -0.290. The molecule has 0 unspecified atom stereocenters. The molecule has 1 aliphatic rings. The van der Waals surface area contributed by atoms with E-state index in [0.717, 1.165) is 12.0 Å². The van der Waals surface area contributed by atoms with Gasteiger partial charge >= 0.3 is 5.97 Å². The monoisotopic (exact) mass is 232 g/mol. The van der Waals surface area contributed by atoms with Crippen LogP contribution in [-0.2, 0) is 9.53 Å². The van der Waals surface area contributed by atoms with Crippen molar-refractivity contribution in [3.05, 3.63) is 35.4 Å². The van der Waals surface area contributed by atoms with Crippen molar-refractivity contribution in [2.24, 2.45) is 0 Å². The summed E-state index contributed by atoms with van der Waals surface area (Å²) in [4.78, 5) is 22.7. The Bertz CT molecular complexity index is 420. The highest BCUT2D eigenvalue weighted by atomic mass is 16.5. The molecule has 0 heterocycles. The van der Waals surface area contributed by atoms with Gasteiger partial charge in [-0.1, -0.05) is 12.1 Å². The lowest BCUT2D eigenvalue weighted by Crippen LogP contribution is -2.04. The van der Waals surface area contributed by atoms with E-state index in [9.17, 15) is 9.59 Å². The van der Waals surface area contributed by atoms with Gasteiger partial charge in [0.05, 0.1) is 12.2 Å². The van der Waals surface area contributed by atoms with Crippen LogP contribution < -0.4 is 0 Å². The molecule has 0 bridgehead atoms.